The zero-order chi connectivity index (χ0) is 32.4. The number of ether oxygens (including phenoxy) is 2. The van der Waals surface area contributed by atoms with E-state index >= 15 is 0 Å². The van der Waals surface area contributed by atoms with Gasteiger partial charge in [0.1, 0.15) is 23.5 Å². The Kier molecular flexibility index (Phi) is 7.17. The number of carbonyl (C=O) groups excluding carboxylic acids is 2. The minimum absolute atomic E-state index is 0.129. The van der Waals surface area contributed by atoms with Gasteiger partial charge in [-0.2, -0.15) is 0 Å². The molecule has 0 aromatic heterocycles. The molecule has 1 saturated carbocycles. The molecular weight excluding hydrogens is 601 g/mol. The third kappa shape index (κ3) is 4.67. The lowest BCUT2D eigenvalue weighted by atomic mass is 9.48. The molecular formula is C35H33F3N2O6. The topological polar surface area (TPSA) is 99.5 Å². The highest BCUT2D eigenvalue weighted by Crippen LogP contribution is 2.65. The van der Waals surface area contributed by atoms with E-state index in [9.17, 15) is 33.0 Å². The number of ketones is 1. The summed E-state index contributed by atoms with van der Waals surface area (Å²) in [4.78, 5) is 31.2. The van der Waals surface area contributed by atoms with Crippen LogP contribution in [0.5, 0.6) is 17.2 Å². The fraction of sp³-hybridized carbons (Fsp3) is 0.371. The van der Waals surface area contributed by atoms with Crippen molar-refractivity contribution in [2.75, 3.05) is 20.1 Å². The highest BCUT2D eigenvalue weighted by Gasteiger charge is 2.75. The molecule has 1 saturated heterocycles. The molecule has 7 rings (SSSR count). The maximum Gasteiger partial charge on any atom is 0.573 e. The minimum atomic E-state index is -4.84. The average molecular weight is 635 g/mol. The molecule has 2 bridgehead atoms. The Balaban J connectivity index is 1.19. The van der Waals surface area contributed by atoms with Crippen LogP contribution in [0.4, 0.5) is 13.2 Å². The summed E-state index contributed by atoms with van der Waals surface area (Å²) in [7, 11) is 1.62. The normalized spacial score (nSPS) is 28.1. The number of hydrogen-bond acceptors (Lipinski definition) is 7. The number of likely N-dealkylation sites (tertiary alicyclic amines) is 1. The van der Waals surface area contributed by atoms with Gasteiger partial charge in [-0.3, -0.25) is 14.5 Å². The molecule has 2 heterocycles. The van der Waals surface area contributed by atoms with Gasteiger partial charge in [-0.1, -0.05) is 42.5 Å². The molecule has 5 atom stereocenters. The summed E-state index contributed by atoms with van der Waals surface area (Å²) in [6.45, 7) is 1.09. The van der Waals surface area contributed by atoms with Crippen LogP contribution in [0.2, 0.25) is 0 Å². The van der Waals surface area contributed by atoms with Crippen molar-refractivity contribution >= 4 is 17.8 Å². The van der Waals surface area contributed by atoms with Gasteiger partial charge in [-0.15, -0.1) is 13.2 Å². The summed E-state index contributed by atoms with van der Waals surface area (Å²) in [5, 5.41) is 23.6. The van der Waals surface area contributed by atoms with Gasteiger partial charge in [0.15, 0.2) is 17.3 Å². The van der Waals surface area contributed by atoms with Crippen molar-refractivity contribution in [3.8, 4) is 17.2 Å². The lowest BCUT2D eigenvalue weighted by molar-refractivity contribution is -0.274. The van der Waals surface area contributed by atoms with Crippen LogP contribution in [-0.2, 0) is 16.6 Å². The lowest BCUT2D eigenvalue weighted by Gasteiger charge is -2.63. The first-order chi connectivity index (χ1) is 21.9. The van der Waals surface area contributed by atoms with Gasteiger partial charge in [-0.25, -0.2) is 0 Å². The van der Waals surface area contributed by atoms with Crippen LogP contribution >= 0.6 is 0 Å². The van der Waals surface area contributed by atoms with Crippen molar-refractivity contribution in [3.63, 3.8) is 0 Å². The van der Waals surface area contributed by atoms with Gasteiger partial charge in [0, 0.05) is 37.3 Å². The standard InChI is InChI=1S/C35H33F3N2O6/c1-39(27(42)13-10-22-8-5-9-23(20-22)46-35(36,37)38)25-14-16-34(44)31-29(43)24-11-12-26(41)30-28(24)33(34,32(25)45-30)17-19-40(31)18-15-21-6-3-2-4-7-21/h2-13,20,25,31-32,41,44H,14-19H2,1H3/b13-10+/t25?,31-,32?,33+,34-/m1/s1. The van der Waals surface area contributed by atoms with Gasteiger partial charge < -0.3 is 24.6 Å². The van der Waals surface area contributed by atoms with Crippen molar-refractivity contribution in [2.45, 2.75) is 61.2 Å². The van der Waals surface area contributed by atoms with Crippen LogP contribution in [0.3, 0.4) is 0 Å². The number of carbonyl (C=O) groups is 2. The molecule has 4 aliphatic rings. The quantitative estimate of drug-likeness (QED) is 0.358. The molecule has 2 N–H and O–H groups in total. The highest BCUT2D eigenvalue weighted by molar-refractivity contribution is 6.06. The van der Waals surface area contributed by atoms with E-state index in [2.05, 4.69) is 9.64 Å². The first-order valence-corrected chi connectivity index (χ1v) is 15.3. The Labute approximate surface area is 263 Å². The van der Waals surface area contributed by atoms with Gasteiger partial charge in [0.05, 0.1) is 11.5 Å². The van der Waals surface area contributed by atoms with Crippen molar-refractivity contribution in [1.82, 2.24) is 9.80 Å². The Bertz CT molecular complexity index is 1730. The molecule has 11 heteroatoms. The van der Waals surface area contributed by atoms with E-state index in [0.717, 1.165) is 5.56 Å². The molecule has 2 unspecified atom stereocenters. The number of Topliss-reactive ketones (excluding diaryl/α,β-unsaturated/α-hetero) is 1. The summed E-state index contributed by atoms with van der Waals surface area (Å²) >= 11 is 0. The number of phenols is 1. The van der Waals surface area contributed by atoms with E-state index in [1.807, 2.05) is 30.3 Å². The van der Waals surface area contributed by atoms with Crippen LogP contribution in [0.1, 0.15) is 46.3 Å². The zero-order valence-electron chi connectivity index (χ0n) is 25.0. The summed E-state index contributed by atoms with van der Waals surface area (Å²) < 4.78 is 48.5. The third-order valence-corrected chi connectivity index (χ3v) is 10.3. The number of hydrogen-bond donors (Lipinski definition) is 2. The van der Waals surface area contributed by atoms with Crippen LogP contribution < -0.4 is 9.47 Å². The lowest BCUT2D eigenvalue weighted by Crippen LogP contribution is -2.79. The largest absolute Gasteiger partial charge is 0.573 e. The van der Waals surface area contributed by atoms with Gasteiger partial charge >= 0.3 is 6.36 Å². The molecule has 1 spiro atoms. The molecule has 2 aliphatic heterocycles. The summed E-state index contributed by atoms with van der Waals surface area (Å²) in [5.74, 6) is -0.965. The van der Waals surface area contributed by atoms with Crippen molar-refractivity contribution in [1.29, 1.82) is 0 Å². The van der Waals surface area contributed by atoms with Gasteiger partial charge in [-0.05, 0) is 67.2 Å². The summed E-state index contributed by atoms with van der Waals surface area (Å²) in [6.07, 6.45) is -1.18. The van der Waals surface area contributed by atoms with Crippen molar-refractivity contribution in [3.05, 3.63) is 95.1 Å². The molecule has 1 amide bonds. The second-order valence-corrected chi connectivity index (χ2v) is 12.6. The van der Waals surface area contributed by atoms with E-state index in [1.165, 1.54) is 41.3 Å². The van der Waals surface area contributed by atoms with Crippen LogP contribution in [-0.4, -0.2) is 82.0 Å². The highest BCUT2D eigenvalue weighted by atomic mass is 19.4. The number of piperidine rings is 1. The minimum Gasteiger partial charge on any atom is -0.504 e. The van der Waals surface area contributed by atoms with Crippen molar-refractivity contribution in [2.24, 2.45) is 0 Å². The maximum absolute atomic E-state index is 14.1. The number of amides is 1. The molecule has 46 heavy (non-hydrogen) atoms. The van der Waals surface area contributed by atoms with E-state index < -0.39 is 47.2 Å². The van der Waals surface area contributed by atoms with Crippen molar-refractivity contribution < 1.29 is 42.4 Å². The van der Waals surface area contributed by atoms with E-state index in [0.29, 0.717) is 49.0 Å². The van der Waals surface area contributed by atoms with E-state index in [1.54, 1.807) is 19.2 Å². The summed E-state index contributed by atoms with van der Waals surface area (Å²) in [6, 6.07) is 17.0. The van der Waals surface area contributed by atoms with Crippen LogP contribution in [0, 0.1) is 0 Å². The van der Waals surface area contributed by atoms with Gasteiger partial charge in [0.25, 0.3) is 0 Å². The number of alkyl halides is 3. The molecule has 8 nitrogen and oxygen atoms in total. The molecule has 0 radical (unpaired) electrons. The number of aliphatic hydroxyl groups is 1. The number of benzene rings is 3. The molecule has 2 fully saturated rings. The first-order valence-electron chi connectivity index (χ1n) is 15.3. The third-order valence-electron chi connectivity index (χ3n) is 10.3. The second-order valence-electron chi connectivity index (χ2n) is 12.6. The van der Waals surface area contributed by atoms with E-state index in [4.69, 9.17) is 4.74 Å². The van der Waals surface area contributed by atoms with E-state index in [-0.39, 0.29) is 23.7 Å². The fourth-order valence-electron chi connectivity index (χ4n) is 8.29. The first kappa shape index (κ1) is 30.3. The smallest absolute Gasteiger partial charge is 0.504 e. The predicted molar refractivity (Wildman–Crippen MR) is 162 cm³/mol. The molecule has 240 valence electrons. The Morgan fingerprint density at radius 3 is 2.67 bits per heavy atom. The Hall–Kier alpha value is -4.35. The molecule has 3 aromatic carbocycles. The summed E-state index contributed by atoms with van der Waals surface area (Å²) in [5.41, 5.74) is -0.121. The van der Waals surface area contributed by atoms with Gasteiger partial charge in [0.2, 0.25) is 5.91 Å². The average Bonchev–Trinajstić information content (AvgIpc) is 3.37. The monoisotopic (exact) mass is 634 g/mol. The predicted octanol–water partition coefficient (Wildman–Crippen LogP) is 4.87. The van der Waals surface area contributed by atoms with Crippen LogP contribution in [0.25, 0.3) is 6.08 Å². The molecule has 2 aliphatic carbocycles. The second kappa shape index (κ2) is 10.9. The molecule has 3 aromatic rings. The maximum atomic E-state index is 14.1. The zero-order valence-corrected chi connectivity index (χ0v) is 25.0. The Morgan fingerprint density at radius 2 is 1.91 bits per heavy atom. The number of halogens is 3. The fourth-order valence-corrected chi connectivity index (χ4v) is 8.29. The van der Waals surface area contributed by atoms with Crippen LogP contribution in [0.15, 0.2) is 72.8 Å². The number of nitrogens with zero attached hydrogens (tertiary/aromatic N) is 2. The Morgan fingerprint density at radius 1 is 1.13 bits per heavy atom. The number of phenolic OH excluding ortho intramolecular Hbond substituents is 1. The SMILES string of the molecule is CN(C(=O)/C=C/c1cccc(OC(F)(F)F)c1)C1CC[C@@]2(O)[C@H]3C(=O)c4ccc(O)c5c4[C@@]2(CCN3CCc2ccccc2)C1O5. The number of likely N-dealkylation sites (N-methyl/N-ethyl adjacent to an activating group) is 1. The number of aromatic hydroxyl groups is 1. The number of rotatable bonds is 7.